The highest BCUT2D eigenvalue weighted by Gasteiger charge is 2.24. The lowest BCUT2D eigenvalue weighted by molar-refractivity contribution is -0.127. The molecule has 1 aromatic heterocycles. The fourth-order valence-corrected chi connectivity index (χ4v) is 4.20. The maximum Gasteiger partial charge on any atom is 0.219 e. The van der Waals surface area contributed by atoms with Crippen LogP contribution in [0.15, 0.2) is 36.4 Å². The molecule has 0 spiro atoms. The zero-order valence-corrected chi connectivity index (χ0v) is 18.0. The number of aryl methyl sites for hydroxylation is 1. The van der Waals surface area contributed by atoms with E-state index in [1.165, 1.54) is 0 Å². The highest BCUT2D eigenvalue weighted by Crippen LogP contribution is 2.27. The molecular formula is C22H23Cl2N3O2. The highest BCUT2D eigenvalue weighted by molar-refractivity contribution is 6.33. The summed E-state index contributed by atoms with van der Waals surface area (Å²) in [6.45, 7) is 6.39. The molecule has 5 nitrogen and oxygen atoms in total. The van der Waals surface area contributed by atoms with Crippen LogP contribution in [0.5, 0.6) is 5.75 Å². The Morgan fingerprint density at radius 1 is 1.24 bits per heavy atom. The lowest BCUT2D eigenvalue weighted by atomic mass is 10.1. The van der Waals surface area contributed by atoms with Gasteiger partial charge in [0.1, 0.15) is 11.6 Å². The number of halogens is 2. The van der Waals surface area contributed by atoms with Gasteiger partial charge in [0, 0.05) is 42.0 Å². The Morgan fingerprint density at radius 2 is 2.07 bits per heavy atom. The number of hydrogen-bond acceptors (Lipinski definition) is 3. The summed E-state index contributed by atoms with van der Waals surface area (Å²) in [5, 5.41) is 1.35. The zero-order valence-electron chi connectivity index (χ0n) is 16.5. The molecule has 1 unspecified atom stereocenters. The minimum atomic E-state index is 0.134. The van der Waals surface area contributed by atoms with Gasteiger partial charge in [-0.25, -0.2) is 4.98 Å². The van der Waals surface area contributed by atoms with Crippen molar-refractivity contribution in [2.24, 2.45) is 5.92 Å². The highest BCUT2D eigenvalue weighted by atomic mass is 35.5. The topological polar surface area (TPSA) is 47.4 Å². The van der Waals surface area contributed by atoms with E-state index in [0.717, 1.165) is 47.7 Å². The quantitative estimate of drug-likeness (QED) is 0.574. The Kier molecular flexibility index (Phi) is 5.70. The molecule has 152 valence electrons. The summed E-state index contributed by atoms with van der Waals surface area (Å²) in [6.07, 6.45) is 0.982. The molecule has 0 saturated carbocycles. The van der Waals surface area contributed by atoms with Gasteiger partial charge in [-0.15, -0.1) is 0 Å². The Morgan fingerprint density at radius 3 is 2.83 bits per heavy atom. The Labute approximate surface area is 180 Å². The molecule has 1 saturated heterocycles. The lowest BCUT2D eigenvalue weighted by Crippen LogP contribution is -2.26. The Hall–Kier alpha value is -2.24. The predicted molar refractivity (Wildman–Crippen MR) is 116 cm³/mol. The summed E-state index contributed by atoms with van der Waals surface area (Å²) >= 11 is 12.5. The maximum absolute atomic E-state index is 11.5. The van der Waals surface area contributed by atoms with Crippen molar-refractivity contribution in [3.8, 4) is 5.75 Å². The number of aromatic nitrogens is 2. The van der Waals surface area contributed by atoms with Crippen LogP contribution in [0, 0.1) is 12.8 Å². The van der Waals surface area contributed by atoms with E-state index in [1.807, 2.05) is 42.2 Å². The van der Waals surface area contributed by atoms with Crippen LogP contribution in [0.25, 0.3) is 11.0 Å². The van der Waals surface area contributed by atoms with Crippen LogP contribution in [0.4, 0.5) is 0 Å². The SMILES string of the molecule is CC(=O)N1CCC(COc2ccc3c(c2)nc(C)n3Cc2cc(Cl)ccc2Cl)C1. The normalized spacial score (nSPS) is 16.6. The van der Waals surface area contributed by atoms with E-state index in [9.17, 15) is 4.79 Å². The molecule has 1 fully saturated rings. The fourth-order valence-electron chi connectivity index (χ4n) is 3.82. The van der Waals surface area contributed by atoms with E-state index < -0.39 is 0 Å². The lowest BCUT2D eigenvalue weighted by Gasteiger charge is -2.14. The van der Waals surface area contributed by atoms with Crippen molar-refractivity contribution in [1.82, 2.24) is 14.5 Å². The van der Waals surface area contributed by atoms with E-state index in [0.29, 0.717) is 29.1 Å². The van der Waals surface area contributed by atoms with Crippen LogP contribution in [-0.2, 0) is 11.3 Å². The van der Waals surface area contributed by atoms with Gasteiger partial charge in [-0.1, -0.05) is 23.2 Å². The number of carbonyl (C=O) groups excluding carboxylic acids is 1. The molecule has 3 aromatic rings. The van der Waals surface area contributed by atoms with E-state index in [1.54, 1.807) is 13.0 Å². The first-order chi connectivity index (χ1) is 13.9. The van der Waals surface area contributed by atoms with Gasteiger partial charge in [0.15, 0.2) is 0 Å². The van der Waals surface area contributed by atoms with Crippen LogP contribution < -0.4 is 4.74 Å². The second-order valence-electron chi connectivity index (χ2n) is 7.56. The third-order valence-electron chi connectivity index (χ3n) is 5.46. The first kappa shape index (κ1) is 20.0. The van der Waals surface area contributed by atoms with Crippen molar-refractivity contribution in [2.45, 2.75) is 26.8 Å². The molecule has 7 heteroatoms. The number of ether oxygens (including phenoxy) is 1. The third kappa shape index (κ3) is 4.36. The number of fused-ring (bicyclic) bond motifs is 1. The standard InChI is InChI=1S/C22H23Cl2N3O2/c1-14-25-21-10-19(29-13-16-7-8-26(11-16)15(2)28)4-6-22(21)27(14)12-17-9-18(23)3-5-20(17)24/h3-6,9-10,16H,7-8,11-13H2,1-2H3. The van der Waals surface area contributed by atoms with E-state index >= 15 is 0 Å². The van der Waals surface area contributed by atoms with Gasteiger partial charge in [-0.2, -0.15) is 0 Å². The molecule has 1 amide bonds. The van der Waals surface area contributed by atoms with Crippen LogP contribution in [0.3, 0.4) is 0 Å². The smallest absolute Gasteiger partial charge is 0.219 e. The monoisotopic (exact) mass is 431 g/mol. The van der Waals surface area contributed by atoms with Crippen LogP contribution in [-0.4, -0.2) is 40.1 Å². The van der Waals surface area contributed by atoms with E-state index in [4.69, 9.17) is 32.9 Å². The van der Waals surface area contributed by atoms with Crippen molar-refractivity contribution in [1.29, 1.82) is 0 Å². The van der Waals surface area contributed by atoms with Crippen molar-refractivity contribution in [2.75, 3.05) is 19.7 Å². The van der Waals surface area contributed by atoms with Crippen molar-refractivity contribution in [3.63, 3.8) is 0 Å². The molecule has 4 rings (SSSR count). The molecule has 1 aliphatic heterocycles. The number of nitrogens with zero attached hydrogens (tertiary/aromatic N) is 3. The first-order valence-electron chi connectivity index (χ1n) is 9.70. The summed E-state index contributed by atoms with van der Waals surface area (Å²) in [4.78, 5) is 18.0. The summed E-state index contributed by atoms with van der Waals surface area (Å²) in [5.74, 6) is 2.21. The summed E-state index contributed by atoms with van der Waals surface area (Å²) in [6, 6.07) is 11.5. The second-order valence-corrected chi connectivity index (χ2v) is 8.41. The maximum atomic E-state index is 11.5. The van der Waals surface area contributed by atoms with Gasteiger partial charge in [0.25, 0.3) is 0 Å². The van der Waals surface area contributed by atoms with Crippen molar-refractivity contribution in [3.05, 3.63) is 57.8 Å². The second kappa shape index (κ2) is 8.25. The number of amides is 1. The number of benzene rings is 2. The Balaban J connectivity index is 1.49. The molecule has 1 atom stereocenters. The van der Waals surface area contributed by atoms with Crippen molar-refractivity contribution < 1.29 is 9.53 Å². The van der Waals surface area contributed by atoms with Crippen LogP contribution in [0.2, 0.25) is 10.0 Å². The molecule has 2 aromatic carbocycles. The van der Waals surface area contributed by atoms with Gasteiger partial charge in [-0.05, 0) is 49.2 Å². The van der Waals surface area contributed by atoms with Crippen LogP contribution in [0.1, 0.15) is 24.7 Å². The molecule has 0 radical (unpaired) electrons. The largest absolute Gasteiger partial charge is 0.493 e. The summed E-state index contributed by atoms with van der Waals surface area (Å²) in [7, 11) is 0. The van der Waals surface area contributed by atoms with Crippen molar-refractivity contribution >= 4 is 40.1 Å². The average molecular weight is 432 g/mol. The number of rotatable bonds is 5. The predicted octanol–water partition coefficient (Wildman–Crippen LogP) is 4.95. The van der Waals surface area contributed by atoms with Gasteiger partial charge in [0.2, 0.25) is 5.91 Å². The van der Waals surface area contributed by atoms with E-state index in [-0.39, 0.29) is 5.91 Å². The molecule has 0 aliphatic carbocycles. The van der Waals surface area contributed by atoms with Gasteiger partial charge in [0.05, 0.1) is 24.2 Å². The number of likely N-dealkylation sites (tertiary alicyclic amines) is 1. The third-order valence-corrected chi connectivity index (χ3v) is 6.07. The van der Waals surface area contributed by atoms with E-state index in [2.05, 4.69) is 4.57 Å². The number of carbonyl (C=O) groups is 1. The molecule has 29 heavy (non-hydrogen) atoms. The molecule has 2 heterocycles. The number of imidazole rings is 1. The molecule has 0 N–H and O–H groups in total. The fraction of sp³-hybridized carbons (Fsp3) is 0.364. The minimum Gasteiger partial charge on any atom is -0.493 e. The number of hydrogen-bond donors (Lipinski definition) is 0. The van der Waals surface area contributed by atoms with Crippen LogP contribution >= 0.6 is 23.2 Å². The zero-order chi connectivity index (χ0) is 20.5. The first-order valence-corrected chi connectivity index (χ1v) is 10.5. The molecular weight excluding hydrogens is 409 g/mol. The Bertz CT molecular complexity index is 1060. The minimum absolute atomic E-state index is 0.134. The van der Waals surface area contributed by atoms with Gasteiger partial charge >= 0.3 is 0 Å². The van der Waals surface area contributed by atoms with Gasteiger partial charge < -0.3 is 14.2 Å². The van der Waals surface area contributed by atoms with Gasteiger partial charge in [-0.3, -0.25) is 4.79 Å². The average Bonchev–Trinajstić information content (AvgIpc) is 3.28. The molecule has 0 bridgehead atoms. The summed E-state index contributed by atoms with van der Waals surface area (Å²) < 4.78 is 8.13. The molecule has 1 aliphatic rings. The summed E-state index contributed by atoms with van der Waals surface area (Å²) in [5.41, 5.74) is 2.86.